The molecule has 1 aliphatic heterocycles. The van der Waals surface area contributed by atoms with Gasteiger partial charge >= 0.3 is 0 Å². The summed E-state index contributed by atoms with van der Waals surface area (Å²) in [6.07, 6.45) is 4.67. The van der Waals surface area contributed by atoms with Gasteiger partial charge in [0.1, 0.15) is 0 Å². The lowest BCUT2D eigenvalue weighted by Crippen LogP contribution is -2.30. The van der Waals surface area contributed by atoms with E-state index in [-0.39, 0.29) is 6.61 Å². The van der Waals surface area contributed by atoms with Gasteiger partial charge in [-0.1, -0.05) is 0 Å². The Kier molecular flexibility index (Phi) is 2.82. The molecule has 17 heavy (non-hydrogen) atoms. The number of aromatic nitrogens is 1. The average molecular weight is 246 g/mol. The number of hydrogen-bond acceptors (Lipinski definition) is 4. The van der Waals surface area contributed by atoms with Crippen LogP contribution in [0, 0.1) is 0 Å². The molecular weight excluding hydrogens is 232 g/mol. The Morgan fingerprint density at radius 2 is 2.35 bits per heavy atom. The maximum atomic E-state index is 9.35. The minimum absolute atomic E-state index is 0.0743. The van der Waals surface area contributed by atoms with E-state index in [0.717, 1.165) is 30.8 Å². The molecule has 88 valence electrons. The quantitative estimate of drug-likeness (QED) is 0.882. The first kappa shape index (κ1) is 10.7. The van der Waals surface area contributed by atoms with Crippen LogP contribution in [0.4, 0.5) is 5.69 Å². The van der Waals surface area contributed by atoms with Gasteiger partial charge in [-0.3, -0.25) is 4.98 Å². The fourth-order valence-electron chi connectivity index (χ4n) is 2.29. The second-order valence-electron chi connectivity index (χ2n) is 4.20. The first-order valence-electron chi connectivity index (χ1n) is 5.72. The highest BCUT2D eigenvalue weighted by Crippen LogP contribution is 2.29. The SMILES string of the molecule is OCc1ccncc1N1CCc2sccc2C1. The van der Waals surface area contributed by atoms with Crippen LogP contribution in [0.15, 0.2) is 29.9 Å². The molecule has 2 aromatic heterocycles. The highest BCUT2D eigenvalue weighted by Gasteiger charge is 2.19. The molecule has 0 fully saturated rings. The molecule has 0 amide bonds. The third-order valence-electron chi connectivity index (χ3n) is 3.21. The van der Waals surface area contributed by atoms with E-state index >= 15 is 0 Å². The number of aliphatic hydroxyl groups is 1. The minimum Gasteiger partial charge on any atom is -0.392 e. The van der Waals surface area contributed by atoms with Gasteiger partial charge in [-0.25, -0.2) is 0 Å². The molecule has 3 rings (SSSR count). The van der Waals surface area contributed by atoms with E-state index in [0.29, 0.717) is 0 Å². The molecule has 0 unspecified atom stereocenters. The molecule has 0 aromatic carbocycles. The molecule has 1 aliphatic rings. The monoisotopic (exact) mass is 246 g/mol. The summed E-state index contributed by atoms with van der Waals surface area (Å²) >= 11 is 1.84. The van der Waals surface area contributed by atoms with Crippen molar-refractivity contribution >= 4 is 17.0 Å². The zero-order valence-electron chi connectivity index (χ0n) is 9.47. The highest BCUT2D eigenvalue weighted by atomic mass is 32.1. The molecule has 0 atom stereocenters. The Balaban J connectivity index is 1.91. The highest BCUT2D eigenvalue weighted by molar-refractivity contribution is 7.10. The topological polar surface area (TPSA) is 36.4 Å². The lowest BCUT2D eigenvalue weighted by atomic mass is 10.1. The van der Waals surface area contributed by atoms with Gasteiger partial charge in [0.25, 0.3) is 0 Å². The second-order valence-corrected chi connectivity index (χ2v) is 5.20. The molecule has 0 aliphatic carbocycles. The van der Waals surface area contributed by atoms with E-state index in [9.17, 15) is 5.11 Å². The molecule has 0 spiro atoms. The second kappa shape index (κ2) is 4.47. The minimum atomic E-state index is 0.0743. The molecule has 3 nitrogen and oxygen atoms in total. The summed E-state index contributed by atoms with van der Waals surface area (Å²) in [5.74, 6) is 0. The van der Waals surface area contributed by atoms with Crippen LogP contribution < -0.4 is 4.90 Å². The molecule has 4 heteroatoms. The van der Waals surface area contributed by atoms with Crippen molar-refractivity contribution in [3.8, 4) is 0 Å². The van der Waals surface area contributed by atoms with E-state index in [2.05, 4.69) is 21.3 Å². The molecular formula is C13H14N2OS. The van der Waals surface area contributed by atoms with Gasteiger partial charge in [0.2, 0.25) is 0 Å². The van der Waals surface area contributed by atoms with E-state index in [1.807, 2.05) is 23.6 Å². The Bertz CT molecular complexity index is 524. The molecule has 0 radical (unpaired) electrons. The van der Waals surface area contributed by atoms with Gasteiger partial charge in [-0.2, -0.15) is 0 Å². The zero-order chi connectivity index (χ0) is 11.7. The number of fused-ring (bicyclic) bond motifs is 1. The van der Waals surface area contributed by atoms with Crippen LogP contribution in [0.1, 0.15) is 16.0 Å². The number of anilines is 1. The molecule has 1 N–H and O–H groups in total. The lowest BCUT2D eigenvalue weighted by Gasteiger charge is -2.30. The third-order valence-corrected chi connectivity index (χ3v) is 4.23. The first-order chi connectivity index (χ1) is 8.38. The molecule has 0 saturated heterocycles. The summed E-state index contributed by atoms with van der Waals surface area (Å²) in [5.41, 5.74) is 3.43. The predicted octanol–water partition coefficient (Wildman–Crippen LogP) is 2.20. The summed E-state index contributed by atoms with van der Waals surface area (Å²) in [6.45, 7) is 2.01. The van der Waals surface area contributed by atoms with E-state index in [1.54, 1.807) is 6.20 Å². The molecule has 3 heterocycles. The van der Waals surface area contributed by atoms with E-state index in [4.69, 9.17) is 0 Å². The fraction of sp³-hybridized carbons (Fsp3) is 0.308. The van der Waals surface area contributed by atoms with Crippen molar-refractivity contribution < 1.29 is 5.11 Å². The summed E-state index contributed by atoms with van der Waals surface area (Å²) in [5, 5.41) is 11.5. The van der Waals surface area contributed by atoms with Crippen molar-refractivity contribution in [1.29, 1.82) is 0 Å². The van der Waals surface area contributed by atoms with Gasteiger partial charge in [0.05, 0.1) is 18.5 Å². The summed E-state index contributed by atoms with van der Waals surface area (Å²) in [4.78, 5) is 7.96. The van der Waals surface area contributed by atoms with Crippen LogP contribution in [-0.4, -0.2) is 16.6 Å². The largest absolute Gasteiger partial charge is 0.392 e. The smallest absolute Gasteiger partial charge is 0.0703 e. The number of aliphatic hydroxyl groups excluding tert-OH is 1. The molecule has 2 aromatic rings. The lowest BCUT2D eigenvalue weighted by molar-refractivity contribution is 0.282. The predicted molar refractivity (Wildman–Crippen MR) is 69.2 cm³/mol. The van der Waals surface area contributed by atoms with Gasteiger partial charge in [0.15, 0.2) is 0 Å². The van der Waals surface area contributed by atoms with Crippen LogP contribution in [0.3, 0.4) is 0 Å². The number of pyridine rings is 1. The standard InChI is InChI=1S/C13H14N2OS/c16-9-11-1-4-14-7-12(11)15-5-2-13-10(8-15)3-6-17-13/h1,3-4,6-7,16H,2,5,8-9H2. The maximum absolute atomic E-state index is 9.35. The van der Waals surface area contributed by atoms with Crippen LogP contribution in [0.5, 0.6) is 0 Å². The Morgan fingerprint density at radius 3 is 3.24 bits per heavy atom. The normalized spacial score (nSPS) is 14.8. The Hall–Kier alpha value is -1.39. The molecule has 0 bridgehead atoms. The number of nitrogens with zero attached hydrogens (tertiary/aromatic N) is 2. The summed E-state index contributed by atoms with van der Waals surface area (Å²) in [6, 6.07) is 4.08. The number of hydrogen-bond donors (Lipinski definition) is 1. The number of thiophene rings is 1. The van der Waals surface area contributed by atoms with Gasteiger partial charge in [-0.15, -0.1) is 11.3 Å². The third kappa shape index (κ3) is 1.94. The Labute approximate surface area is 104 Å². The summed E-state index contributed by atoms with van der Waals surface area (Å²) < 4.78 is 0. The Morgan fingerprint density at radius 1 is 1.41 bits per heavy atom. The molecule has 0 saturated carbocycles. The first-order valence-corrected chi connectivity index (χ1v) is 6.60. The van der Waals surface area contributed by atoms with Gasteiger partial charge in [-0.05, 0) is 29.5 Å². The van der Waals surface area contributed by atoms with Gasteiger partial charge < -0.3 is 10.0 Å². The van der Waals surface area contributed by atoms with Crippen LogP contribution in [0.2, 0.25) is 0 Å². The average Bonchev–Trinajstić information content (AvgIpc) is 2.85. The van der Waals surface area contributed by atoms with Crippen molar-refractivity contribution in [3.63, 3.8) is 0 Å². The van der Waals surface area contributed by atoms with Crippen LogP contribution in [-0.2, 0) is 19.6 Å². The maximum Gasteiger partial charge on any atom is 0.0703 e. The van der Waals surface area contributed by atoms with E-state index < -0.39 is 0 Å². The van der Waals surface area contributed by atoms with Crippen molar-refractivity contribution in [2.24, 2.45) is 0 Å². The van der Waals surface area contributed by atoms with Crippen molar-refractivity contribution in [1.82, 2.24) is 4.98 Å². The van der Waals surface area contributed by atoms with E-state index in [1.165, 1.54) is 10.4 Å². The van der Waals surface area contributed by atoms with Crippen molar-refractivity contribution in [3.05, 3.63) is 45.9 Å². The number of rotatable bonds is 2. The summed E-state index contributed by atoms with van der Waals surface area (Å²) in [7, 11) is 0. The van der Waals surface area contributed by atoms with Crippen LogP contribution >= 0.6 is 11.3 Å². The van der Waals surface area contributed by atoms with Gasteiger partial charge in [0, 0.05) is 29.7 Å². The van der Waals surface area contributed by atoms with Crippen molar-refractivity contribution in [2.45, 2.75) is 19.6 Å². The fourth-order valence-corrected chi connectivity index (χ4v) is 3.18. The van der Waals surface area contributed by atoms with Crippen LogP contribution in [0.25, 0.3) is 0 Å². The van der Waals surface area contributed by atoms with Crippen molar-refractivity contribution in [2.75, 3.05) is 11.4 Å². The zero-order valence-corrected chi connectivity index (χ0v) is 10.3.